The van der Waals surface area contributed by atoms with Crippen molar-refractivity contribution in [3.05, 3.63) is 51.5 Å². The number of hydrogen-bond donors (Lipinski definition) is 2. The molecule has 1 unspecified atom stereocenters. The molecule has 1 aliphatic heterocycles. The maximum Gasteiger partial charge on any atom is 0.261 e. The second kappa shape index (κ2) is 10.0. The molecule has 1 fully saturated rings. The van der Waals surface area contributed by atoms with Gasteiger partial charge >= 0.3 is 0 Å². The van der Waals surface area contributed by atoms with Gasteiger partial charge in [-0.1, -0.05) is 6.92 Å². The van der Waals surface area contributed by atoms with Gasteiger partial charge in [-0.3, -0.25) is 9.59 Å². The van der Waals surface area contributed by atoms with Crippen molar-refractivity contribution >= 4 is 28.8 Å². The largest absolute Gasteiger partial charge is 0.369 e. The second-order valence-electron chi connectivity index (χ2n) is 7.50. The minimum absolute atomic E-state index is 0.110. The number of carbonyl (C=O) groups excluding carboxylic acids is 2. The van der Waals surface area contributed by atoms with Gasteiger partial charge < -0.3 is 20.4 Å². The molecule has 2 aromatic rings. The fourth-order valence-corrected chi connectivity index (χ4v) is 4.47. The fourth-order valence-electron chi connectivity index (χ4n) is 3.62. The smallest absolute Gasteiger partial charge is 0.261 e. The summed E-state index contributed by atoms with van der Waals surface area (Å²) in [5.41, 5.74) is 1.75. The molecule has 1 aromatic heterocycles. The number of nitrogens with zero attached hydrogens (tertiary/aromatic N) is 2. The fraction of sp³-hybridized carbons (Fsp3) is 0.455. The molecule has 1 atom stereocenters. The Balaban J connectivity index is 1.70. The number of rotatable bonds is 7. The van der Waals surface area contributed by atoms with Crippen LogP contribution in [0, 0.1) is 5.82 Å². The third-order valence-electron chi connectivity index (χ3n) is 5.36. The molecule has 6 nitrogen and oxygen atoms in total. The van der Waals surface area contributed by atoms with Gasteiger partial charge in [0.15, 0.2) is 0 Å². The van der Waals surface area contributed by atoms with Crippen molar-refractivity contribution in [1.29, 1.82) is 0 Å². The van der Waals surface area contributed by atoms with E-state index in [9.17, 15) is 14.0 Å². The maximum absolute atomic E-state index is 14.0. The van der Waals surface area contributed by atoms with E-state index in [1.807, 2.05) is 19.1 Å². The Morgan fingerprint density at radius 3 is 2.57 bits per heavy atom. The Kier molecular flexibility index (Phi) is 7.44. The van der Waals surface area contributed by atoms with Crippen molar-refractivity contribution in [3.8, 4) is 0 Å². The van der Waals surface area contributed by atoms with Crippen LogP contribution in [0.4, 0.5) is 10.1 Å². The highest BCUT2D eigenvalue weighted by Crippen LogP contribution is 2.29. The Morgan fingerprint density at radius 1 is 1.17 bits per heavy atom. The minimum atomic E-state index is -0.340. The van der Waals surface area contributed by atoms with E-state index in [4.69, 9.17) is 0 Å². The van der Waals surface area contributed by atoms with E-state index in [2.05, 4.69) is 27.4 Å². The van der Waals surface area contributed by atoms with Crippen molar-refractivity contribution in [2.75, 3.05) is 37.6 Å². The van der Waals surface area contributed by atoms with Crippen molar-refractivity contribution in [2.45, 2.75) is 33.4 Å². The van der Waals surface area contributed by atoms with E-state index < -0.39 is 0 Å². The van der Waals surface area contributed by atoms with Crippen molar-refractivity contribution < 1.29 is 14.0 Å². The molecule has 0 saturated carbocycles. The van der Waals surface area contributed by atoms with Crippen LogP contribution in [0.2, 0.25) is 0 Å². The molecule has 1 saturated heterocycles. The summed E-state index contributed by atoms with van der Waals surface area (Å²) in [6.07, 6.45) is 0. The summed E-state index contributed by atoms with van der Waals surface area (Å²) in [5, 5.41) is 5.72. The average molecular weight is 433 g/mol. The molecular weight excluding hydrogens is 403 g/mol. The molecular formula is C22H29FN4O2S. The van der Waals surface area contributed by atoms with E-state index in [1.54, 1.807) is 6.07 Å². The molecule has 0 spiro atoms. The van der Waals surface area contributed by atoms with E-state index in [0.717, 1.165) is 48.9 Å². The number of likely N-dealkylation sites (N-methyl/N-ethyl adjacent to an activating group) is 1. The lowest BCUT2D eigenvalue weighted by Crippen LogP contribution is -2.46. The monoisotopic (exact) mass is 432 g/mol. The Hall–Kier alpha value is -2.45. The zero-order chi connectivity index (χ0) is 21.7. The van der Waals surface area contributed by atoms with Crippen LogP contribution in [0.15, 0.2) is 30.3 Å². The van der Waals surface area contributed by atoms with Gasteiger partial charge in [-0.25, -0.2) is 4.39 Å². The molecule has 0 aliphatic carbocycles. The molecule has 3 rings (SSSR count). The lowest BCUT2D eigenvalue weighted by molar-refractivity contribution is -0.119. The first kappa shape index (κ1) is 22.2. The van der Waals surface area contributed by atoms with Crippen LogP contribution >= 0.6 is 11.3 Å². The number of nitrogens with one attached hydrogen (secondary N) is 2. The molecule has 2 heterocycles. The molecule has 162 valence electrons. The zero-order valence-corrected chi connectivity index (χ0v) is 18.5. The first-order chi connectivity index (χ1) is 14.4. The predicted molar refractivity (Wildman–Crippen MR) is 118 cm³/mol. The highest BCUT2D eigenvalue weighted by molar-refractivity contribution is 7.14. The summed E-state index contributed by atoms with van der Waals surface area (Å²) in [4.78, 5) is 29.9. The normalized spacial score (nSPS) is 15.7. The van der Waals surface area contributed by atoms with E-state index in [0.29, 0.717) is 11.4 Å². The number of halogens is 1. The molecule has 1 aromatic carbocycles. The maximum atomic E-state index is 14.0. The highest BCUT2D eigenvalue weighted by atomic mass is 32.1. The second-order valence-corrected chi connectivity index (χ2v) is 8.66. The molecule has 1 aliphatic rings. The minimum Gasteiger partial charge on any atom is -0.369 e. The van der Waals surface area contributed by atoms with Crippen molar-refractivity contribution in [1.82, 2.24) is 15.5 Å². The van der Waals surface area contributed by atoms with Crippen molar-refractivity contribution in [2.24, 2.45) is 0 Å². The van der Waals surface area contributed by atoms with Crippen LogP contribution in [-0.4, -0.2) is 49.4 Å². The Labute approximate surface area is 181 Å². The number of benzene rings is 1. The summed E-state index contributed by atoms with van der Waals surface area (Å²) in [7, 11) is 0. The Bertz CT molecular complexity index is 893. The van der Waals surface area contributed by atoms with Gasteiger partial charge in [0, 0.05) is 49.2 Å². The predicted octanol–water partition coefficient (Wildman–Crippen LogP) is 3.16. The first-order valence-corrected chi connectivity index (χ1v) is 11.1. The van der Waals surface area contributed by atoms with Crippen LogP contribution in [0.25, 0.3) is 0 Å². The highest BCUT2D eigenvalue weighted by Gasteiger charge is 2.22. The SMILES string of the molecule is CCN1CCN(c2ccc(F)cc2C(C)NC(=O)c2ccc(CNC(C)=O)s2)CC1. The lowest BCUT2D eigenvalue weighted by Gasteiger charge is -2.37. The summed E-state index contributed by atoms with van der Waals surface area (Å²) in [6.45, 7) is 10.6. The molecule has 8 heteroatoms. The van der Waals surface area contributed by atoms with E-state index in [1.165, 1.54) is 30.4 Å². The summed E-state index contributed by atoms with van der Waals surface area (Å²) < 4.78 is 14.0. The van der Waals surface area contributed by atoms with Crippen LogP contribution in [0.5, 0.6) is 0 Å². The van der Waals surface area contributed by atoms with Gasteiger partial charge in [0.1, 0.15) is 5.82 Å². The number of piperazine rings is 1. The van der Waals surface area contributed by atoms with Crippen LogP contribution < -0.4 is 15.5 Å². The van der Waals surface area contributed by atoms with Crippen molar-refractivity contribution in [3.63, 3.8) is 0 Å². The molecule has 30 heavy (non-hydrogen) atoms. The first-order valence-electron chi connectivity index (χ1n) is 10.3. The number of carbonyl (C=O) groups is 2. The van der Waals surface area contributed by atoms with Gasteiger partial charge in [0.2, 0.25) is 5.91 Å². The van der Waals surface area contributed by atoms with Gasteiger partial charge in [-0.15, -0.1) is 11.3 Å². The van der Waals surface area contributed by atoms with Crippen LogP contribution in [-0.2, 0) is 11.3 Å². The van der Waals surface area contributed by atoms with Crippen LogP contribution in [0.3, 0.4) is 0 Å². The zero-order valence-electron chi connectivity index (χ0n) is 17.7. The van der Waals surface area contributed by atoms with Gasteiger partial charge in [-0.05, 0) is 43.8 Å². The molecule has 0 bridgehead atoms. The van der Waals surface area contributed by atoms with Gasteiger partial charge in [0.25, 0.3) is 5.91 Å². The standard InChI is InChI=1S/C22H29FN4O2S/c1-4-26-9-11-27(12-10-26)20-7-5-17(23)13-19(20)15(2)25-22(29)21-8-6-18(30-21)14-24-16(3)28/h5-8,13,15H,4,9-12,14H2,1-3H3,(H,24,28)(H,25,29). The third kappa shape index (κ3) is 5.58. The molecule has 0 radical (unpaired) electrons. The summed E-state index contributed by atoms with van der Waals surface area (Å²) in [5.74, 6) is -0.621. The third-order valence-corrected chi connectivity index (χ3v) is 6.44. The van der Waals surface area contributed by atoms with E-state index >= 15 is 0 Å². The van der Waals surface area contributed by atoms with E-state index in [-0.39, 0.29) is 23.7 Å². The topological polar surface area (TPSA) is 64.7 Å². The van der Waals surface area contributed by atoms with Crippen LogP contribution in [0.1, 0.15) is 46.9 Å². The van der Waals surface area contributed by atoms with Gasteiger partial charge in [0.05, 0.1) is 17.5 Å². The molecule has 2 N–H and O–H groups in total. The lowest BCUT2D eigenvalue weighted by atomic mass is 10.0. The number of hydrogen-bond acceptors (Lipinski definition) is 5. The molecule has 2 amide bonds. The quantitative estimate of drug-likeness (QED) is 0.706. The average Bonchev–Trinajstić information content (AvgIpc) is 3.21. The number of thiophene rings is 1. The Morgan fingerprint density at radius 2 is 1.90 bits per heavy atom. The van der Waals surface area contributed by atoms with Gasteiger partial charge in [-0.2, -0.15) is 0 Å². The summed E-state index contributed by atoms with van der Waals surface area (Å²) in [6, 6.07) is 8.05. The number of amides is 2. The number of anilines is 1. The summed E-state index contributed by atoms with van der Waals surface area (Å²) >= 11 is 1.34.